The minimum Gasteiger partial charge on any atom is -0.457 e. The predicted octanol–water partition coefficient (Wildman–Crippen LogP) is 3.34. The van der Waals surface area contributed by atoms with Crippen LogP contribution in [0.5, 0.6) is 11.5 Å². The molecule has 2 aromatic carbocycles. The maximum absolute atomic E-state index is 11.5. The zero-order chi connectivity index (χ0) is 14.5. The molecule has 0 bridgehead atoms. The van der Waals surface area contributed by atoms with E-state index in [9.17, 15) is 4.79 Å². The summed E-state index contributed by atoms with van der Waals surface area (Å²) < 4.78 is 5.75. The number of nitrogens with zero attached hydrogens (tertiary/aromatic N) is 1. The Kier molecular flexibility index (Phi) is 3.96. The van der Waals surface area contributed by atoms with Crippen LogP contribution in [-0.2, 0) is 4.79 Å². The summed E-state index contributed by atoms with van der Waals surface area (Å²) >= 11 is 0. The summed E-state index contributed by atoms with van der Waals surface area (Å²) in [6, 6.07) is 17.1. The van der Waals surface area contributed by atoms with E-state index in [0.717, 1.165) is 29.9 Å². The van der Waals surface area contributed by atoms with Crippen LogP contribution in [0.3, 0.4) is 0 Å². The van der Waals surface area contributed by atoms with E-state index in [2.05, 4.69) is 10.5 Å². The van der Waals surface area contributed by atoms with Gasteiger partial charge in [-0.3, -0.25) is 4.79 Å². The van der Waals surface area contributed by atoms with Crippen molar-refractivity contribution in [2.75, 3.05) is 0 Å². The van der Waals surface area contributed by atoms with Crippen LogP contribution in [0.2, 0.25) is 0 Å². The van der Waals surface area contributed by atoms with E-state index in [-0.39, 0.29) is 11.8 Å². The van der Waals surface area contributed by atoms with Gasteiger partial charge in [0.15, 0.2) is 0 Å². The number of ether oxygens (including phenoxy) is 1. The first-order valence-electron chi connectivity index (χ1n) is 6.97. The molecule has 0 heterocycles. The number of hydrogen-bond donors (Lipinski definition) is 1. The molecule has 0 unspecified atom stereocenters. The number of hydrazone groups is 1. The minimum absolute atomic E-state index is 0.00272. The van der Waals surface area contributed by atoms with Crippen molar-refractivity contribution in [3.05, 3.63) is 60.2 Å². The van der Waals surface area contributed by atoms with Crippen LogP contribution in [0.15, 0.2) is 59.7 Å². The Morgan fingerprint density at radius 3 is 2.62 bits per heavy atom. The average Bonchev–Trinajstić information content (AvgIpc) is 3.33. The van der Waals surface area contributed by atoms with E-state index >= 15 is 0 Å². The van der Waals surface area contributed by atoms with Crippen molar-refractivity contribution in [3.63, 3.8) is 0 Å². The number of benzene rings is 2. The number of amides is 1. The highest BCUT2D eigenvalue weighted by Crippen LogP contribution is 2.28. The lowest BCUT2D eigenvalue weighted by Gasteiger charge is -2.05. The fraction of sp³-hybridized carbons (Fsp3) is 0.176. The Morgan fingerprint density at radius 2 is 1.86 bits per heavy atom. The largest absolute Gasteiger partial charge is 0.457 e. The Balaban J connectivity index is 1.62. The van der Waals surface area contributed by atoms with Gasteiger partial charge < -0.3 is 4.74 Å². The lowest BCUT2D eigenvalue weighted by molar-refractivity contribution is -0.122. The number of carbonyl (C=O) groups excluding carboxylic acids is 1. The van der Waals surface area contributed by atoms with Crippen LogP contribution in [0.25, 0.3) is 0 Å². The first kappa shape index (κ1) is 13.4. The quantitative estimate of drug-likeness (QED) is 0.674. The van der Waals surface area contributed by atoms with Crippen molar-refractivity contribution in [2.24, 2.45) is 11.0 Å². The molecule has 21 heavy (non-hydrogen) atoms. The number of hydrogen-bond acceptors (Lipinski definition) is 3. The number of para-hydroxylation sites is 1. The molecule has 0 radical (unpaired) electrons. The number of rotatable bonds is 5. The fourth-order valence-electron chi connectivity index (χ4n) is 1.89. The summed E-state index contributed by atoms with van der Waals surface area (Å²) in [5.41, 5.74) is 3.43. The lowest BCUT2D eigenvalue weighted by Crippen LogP contribution is -2.18. The molecule has 1 N–H and O–H groups in total. The fourth-order valence-corrected chi connectivity index (χ4v) is 1.89. The molecule has 0 aliphatic heterocycles. The smallest absolute Gasteiger partial charge is 0.243 e. The third-order valence-corrected chi connectivity index (χ3v) is 3.17. The van der Waals surface area contributed by atoms with Crippen LogP contribution < -0.4 is 10.2 Å². The van der Waals surface area contributed by atoms with Crippen molar-refractivity contribution in [1.82, 2.24) is 5.43 Å². The zero-order valence-electron chi connectivity index (χ0n) is 11.5. The molecule has 0 atom stereocenters. The molecule has 1 saturated carbocycles. The van der Waals surface area contributed by atoms with Gasteiger partial charge in [0.05, 0.1) is 6.21 Å². The van der Waals surface area contributed by atoms with Gasteiger partial charge in [-0.25, -0.2) is 5.43 Å². The second kappa shape index (κ2) is 6.22. The monoisotopic (exact) mass is 280 g/mol. The predicted molar refractivity (Wildman–Crippen MR) is 81.4 cm³/mol. The molecule has 1 fully saturated rings. The van der Waals surface area contributed by atoms with Crippen LogP contribution >= 0.6 is 0 Å². The molecule has 1 aliphatic carbocycles. The van der Waals surface area contributed by atoms with E-state index in [1.807, 2.05) is 54.6 Å². The number of carbonyl (C=O) groups is 1. The van der Waals surface area contributed by atoms with Gasteiger partial charge in [0.1, 0.15) is 11.5 Å². The molecule has 2 aromatic rings. The summed E-state index contributed by atoms with van der Waals surface area (Å²) in [6.07, 6.45) is 3.57. The second-order valence-corrected chi connectivity index (χ2v) is 5.00. The lowest BCUT2D eigenvalue weighted by atomic mass is 10.2. The first-order chi connectivity index (χ1) is 10.3. The molecular formula is C17H16N2O2. The van der Waals surface area contributed by atoms with Crippen LogP contribution in [0, 0.1) is 5.92 Å². The molecule has 0 aromatic heterocycles. The van der Waals surface area contributed by atoms with Gasteiger partial charge in [-0.2, -0.15) is 5.10 Å². The maximum atomic E-state index is 11.5. The SMILES string of the molecule is O=C(N/N=C\c1cccc(Oc2ccccc2)c1)C1CC1. The zero-order valence-corrected chi connectivity index (χ0v) is 11.5. The van der Waals surface area contributed by atoms with Gasteiger partial charge >= 0.3 is 0 Å². The van der Waals surface area contributed by atoms with Crippen molar-refractivity contribution >= 4 is 12.1 Å². The Labute approximate surface area is 123 Å². The van der Waals surface area contributed by atoms with E-state index in [1.165, 1.54) is 0 Å². The summed E-state index contributed by atoms with van der Waals surface area (Å²) in [4.78, 5) is 11.5. The van der Waals surface area contributed by atoms with E-state index in [4.69, 9.17) is 4.74 Å². The molecule has 106 valence electrons. The third-order valence-electron chi connectivity index (χ3n) is 3.17. The summed E-state index contributed by atoms with van der Waals surface area (Å²) in [7, 11) is 0. The van der Waals surface area contributed by atoms with Crippen LogP contribution in [0.4, 0.5) is 0 Å². The standard InChI is InChI=1S/C17H16N2O2/c20-17(14-9-10-14)19-18-12-13-5-4-8-16(11-13)21-15-6-2-1-3-7-15/h1-8,11-12,14H,9-10H2,(H,19,20)/b18-12-. The van der Waals surface area contributed by atoms with Gasteiger partial charge in [0.2, 0.25) is 5.91 Å². The summed E-state index contributed by atoms with van der Waals surface area (Å²) in [6.45, 7) is 0. The van der Waals surface area contributed by atoms with E-state index < -0.39 is 0 Å². The minimum atomic E-state index is 0.00272. The molecule has 3 rings (SSSR count). The van der Waals surface area contributed by atoms with Gasteiger partial charge in [-0.1, -0.05) is 30.3 Å². The molecule has 1 aliphatic rings. The van der Waals surface area contributed by atoms with Crippen LogP contribution in [-0.4, -0.2) is 12.1 Å². The Bertz CT molecular complexity index is 649. The maximum Gasteiger partial charge on any atom is 0.243 e. The Hall–Kier alpha value is -2.62. The molecule has 0 spiro atoms. The molecule has 1 amide bonds. The molecule has 0 saturated heterocycles. The molecule has 4 nitrogen and oxygen atoms in total. The highest BCUT2D eigenvalue weighted by Gasteiger charge is 2.29. The first-order valence-corrected chi connectivity index (χ1v) is 6.97. The topological polar surface area (TPSA) is 50.7 Å². The highest BCUT2D eigenvalue weighted by atomic mass is 16.5. The molecule has 4 heteroatoms. The second-order valence-electron chi connectivity index (χ2n) is 5.00. The summed E-state index contributed by atoms with van der Waals surface area (Å²) in [5.74, 6) is 1.69. The van der Waals surface area contributed by atoms with Crippen molar-refractivity contribution < 1.29 is 9.53 Å². The van der Waals surface area contributed by atoms with Gasteiger partial charge in [-0.15, -0.1) is 0 Å². The number of nitrogens with one attached hydrogen (secondary N) is 1. The van der Waals surface area contributed by atoms with Gasteiger partial charge in [0, 0.05) is 5.92 Å². The van der Waals surface area contributed by atoms with E-state index in [0.29, 0.717) is 0 Å². The van der Waals surface area contributed by atoms with E-state index in [1.54, 1.807) is 6.21 Å². The average molecular weight is 280 g/mol. The normalized spacial score (nSPS) is 14.1. The van der Waals surface area contributed by atoms with Gasteiger partial charge in [0.25, 0.3) is 0 Å². The van der Waals surface area contributed by atoms with Gasteiger partial charge in [-0.05, 0) is 42.7 Å². The Morgan fingerprint density at radius 1 is 1.10 bits per heavy atom. The van der Waals surface area contributed by atoms with Crippen molar-refractivity contribution in [3.8, 4) is 11.5 Å². The molecular weight excluding hydrogens is 264 g/mol. The third kappa shape index (κ3) is 3.92. The highest BCUT2D eigenvalue weighted by molar-refractivity contribution is 5.84. The summed E-state index contributed by atoms with van der Waals surface area (Å²) in [5, 5.41) is 3.97. The van der Waals surface area contributed by atoms with Crippen LogP contribution in [0.1, 0.15) is 18.4 Å². The van der Waals surface area contributed by atoms with Crippen molar-refractivity contribution in [2.45, 2.75) is 12.8 Å². The van der Waals surface area contributed by atoms with Crippen molar-refractivity contribution in [1.29, 1.82) is 0 Å².